The van der Waals surface area contributed by atoms with Gasteiger partial charge < -0.3 is 15.4 Å². The van der Waals surface area contributed by atoms with Gasteiger partial charge in [0.15, 0.2) is 0 Å². The van der Waals surface area contributed by atoms with Crippen molar-refractivity contribution >= 4 is 17.3 Å². The molecule has 0 bridgehead atoms. The zero-order valence-electron chi connectivity index (χ0n) is 15.1. The van der Waals surface area contributed by atoms with Crippen LogP contribution in [0.3, 0.4) is 0 Å². The largest absolute Gasteiger partial charge is 0.473 e. The lowest BCUT2D eigenvalue weighted by molar-refractivity contribution is -0.116. The third-order valence-corrected chi connectivity index (χ3v) is 4.50. The van der Waals surface area contributed by atoms with Gasteiger partial charge in [0.25, 0.3) is 0 Å². The molecule has 5 nitrogen and oxygen atoms in total. The first kappa shape index (κ1) is 17.1. The van der Waals surface area contributed by atoms with Crippen molar-refractivity contribution in [3.63, 3.8) is 0 Å². The van der Waals surface area contributed by atoms with Crippen molar-refractivity contribution in [2.45, 2.75) is 26.0 Å². The van der Waals surface area contributed by atoms with Crippen LogP contribution < -0.4 is 15.4 Å². The molecule has 136 valence electrons. The van der Waals surface area contributed by atoms with Gasteiger partial charge in [-0.25, -0.2) is 4.98 Å². The van der Waals surface area contributed by atoms with E-state index in [1.807, 2.05) is 67.6 Å². The zero-order chi connectivity index (χ0) is 18.6. The summed E-state index contributed by atoms with van der Waals surface area (Å²) in [6.45, 7) is 2.49. The smallest absolute Gasteiger partial charge is 0.226 e. The Morgan fingerprint density at radius 3 is 2.70 bits per heavy atom. The number of hydrogen-bond donors (Lipinski definition) is 2. The highest BCUT2D eigenvalue weighted by Crippen LogP contribution is 2.36. The van der Waals surface area contributed by atoms with Crippen molar-refractivity contribution in [1.82, 2.24) is 4.98 Å². The summed E-state index contributed by atoms with van der Waals surface area (Å²) in [5, 5.41) is 6.41. The van der Waals surface area contributed by atoms with Gasteiger partial charge in [0.1, 0.15) is 6.61 Å². The maximum absolute atomic E-state index is 12.0. The average molecular weight is 359 g/mol. The molecule has 1 aliphatic heterocycles. The molecule has 1 atom stereocenters. The second kappa shape index (κ2) is 7.50. The molecule has 0 aliphatic carbocycles. The Hall–Kier alpha value is -3.34. The van der Waals surface area contributed by atoms with Crippen molar-refractivity contribution < 1.29 is 9.53 Å². The number of nitrogens with one attached hydrogen (secondary N) is 2. The molecule has 3 aromatic rings. The Labute approximate surface area is 158 Å². The van der Waals surface area contributed by atoms with Crippen LogP contribution >= 0.6 is 0 Å². The number of benzene rings is 2. The number of carbonyl (C=O) groups is 1. The van der Waals surface area contributed by atoms with Crippen molar-refractivity contribution in [2.24, 2.45) is 0 Å². The van der Waals surface area contributed by atoms with Gasteiger partial charge in [-0.05, 0) is 24.6 Å². The summed E-state index contributed by atoms with van der Waals surface area (Å²) in [6, 6.07) is 19.8. The molecule has 0 radical (unpaired) electrons. The lowest BCUT2D eigenvalue weighted by atomic mass is 10.0. The maximum atomic E-state index is 12.0. The van der Waals surface area contributed by atoms with E-state index in [0.717, 1.165) is 28.1 Å². The fourth-order valence-electron chi connectivity index (χ4n) is 3.19. The van der Waals surface area contributed by atoms with Crippen molar-refractivity contribution in [3.8, 4) is 17.0 Å². The van der Waals surface area contributed by atoms with E-state index < -0.39 is 0 Å². The predicted molar refractivity (Wildman–Crippen MR) is 107 cm³/mol. The lowest BCUT2D eigenvalue weighted by Crippen LogP contribution is -2.19. The number of para-hydroxylation sites is 1. The highest BCUT2D eigenvalue weighted by atomic mass is 16.5. The third kappa shape index (κ3) is 3.92. The van der Waals surface area contributed by atoms with Crippen molar-refractivity contribution in [3.05, 3.63) is 72.4 Å². The summed E-state index contributed by atoms with van der Waals surface area (Å²) in [5.74, 6) is 0.605. The van der Waals surface area contributed by atoms with Gasteiger partial charge >= 0.3 is 0 Å². The summed E-state index contributed by atoms with van der Waals surface area (Å²) in [7, 11) is 0. The molecular weight excluding hydrogens is 338 g/mol. The number of amides is 1. The van der Waals surface area contributed by atoms with E-state index >= 15 is 0 Å². The zero-order valence-corrected chi connectivity index (χ0v) is 15.1. The number of aromatic nitrogens is 1. The Kier molecular flexibility index (Phi) is 4.75. The first-order chi connectivity index (χ1) is 13.2. The van der Waals surface area contributed by atoms with E-state index in [-0.39, 0.29) is 11.9 Å². The molecule has 0 spiro atoms. The third-order valence-electron chi connectivity index (χ3n) is 4.50. The summed E-state index contributed by atoms with van der Waals surface area (Å²) in [4.78, 5) is 16.4. The molecule has 0 unspecified atom stereocenters. The fraction of sp³-hybridized carbons (Fsp3) is 0.182. The van der Waals surface area contributed by atoms with E-state index in [9.17, 15) is 4.79 Å². The highest BCUT2D eigenvalue weighted by molar-refractivity contribution is 6.00. The summed E-state index contributed by atoms with van der Waals surface area (Å²) in [5.41, 5.74) is 4.80. The molecule has 1 amide bonds. The van der Waals surface area contributed by atoms with E-state index in [2.05, 4.69) is 15.6 Å². The normalized spacial score (nSPS) is 15.9. The van der Waals surface area contributed by atoms with Crippen LogP contribution in [0, 0.1) is 0 Å². The van der Waals surface area contributed by atoms with Gasteiger partial charge in [-0.2, -0.15) is 0 Å². The minimum absolute atomic E-state index is 0.0219. The molecule has 1 aliphatic rings. The second-order valence-electron chi connectivity index (χ2n) is 6.69. The van der Waals surface area contributed by atoms with Gasteiger partial charge in [0.05, 0.1) is 11.4 Å². The molecule has 2 aromatic carbocycles. The van der Waals surface area contributed by atoms with E-state index in [1.165, 1.54) is 0 Å². The number of pyridine rings is 1. The molecule has 5 heteroatoms. The number of anilines is 2. The molecule has 27 heavy (non-hydrogen) atoms. The molecule has 2 heterocycles. The predicted octanol–water partition coefficient (Wildman–Crippen LogP) is 4.47. The maximum Gasteiger partial charge on any atom is 0.226 e. The number of nitrogens with zero attached hydrogens (tertiary/aromatic N) is 1. The monoisotopic (exact) mass is 359 g/mol. The summed E-state index contributed by atoms with van der Waals surface area (Å²) < 4.78 is 5.76. The van der Waals surface area contributed by atoms with Crippen LogP contribution in [0.25, 0.3) is 11.1 Å². The molecule has 4 rings (SSSR count). The SMILES string of the molecule is C[C@@H]1CC(=O)Nc2cccc(-c3ccc(OCc4ccccc4)nc3)c2N1. The van der Waals surface area contributed by atoms with Crippen LogP contribution in [0.2, 0.25) is 0 Å². The fourth-order valence-corrected chi connectivity index (χ4v) is 3.19. The van der Waals surface area contributed by atoms with Gasteiger partial charge in [-0.15, -0.1) is 0 Å². The number of fused-ring (bicyclic) bond motifs is 1. The molecule has 1 aromatic heterocycles. The number of rotatable bonds is 4. The second-order valence-corrected chi connectivity index (χ2v) is 6.69. The number of carbonyl (C=O) groups excluding carboxylic acids is 1. The van der Waals surface area contributed by atoms with E-state index in [0.29, 0.717) is 18.9 Å². The van der Waals surface area contributed by atoms with Crippen LogP contribution in [0.4, 0.5) is 11.4 Å². The van der Waals surface area contributed by atoms with Gasteiger partial charge in [0.2, 0.25) is 11.8 Å². The molecule has 2 N–H and O–H groups in total. The Bertz CT molecular complexity index is 940. The Balaban J connectivity index is 1.56. The van der Waals surface area contributed by atoms with E-state index in [1.54, 1.807) is 6.20 Å². The van der Waals surface area contributed by atoms with Crippen LogP contribution in [0.5, 0.6) is 5.88 Å². The molecule has 0 saturated heterocycles. The van der Waals surface area contributed by atoms with E-state index in [4.69, 9.17) is 4.74 Å². The number of hydrogen-bond acceptors (Lipinski definition) is 4. The van der Waals surface area contributed by atoms with Gasteiger partial charge in [-0.1, -0.05) is 42.5 Å². The molecule has 0 fully saturated rings. The standard InChI is InChI=1S/C22H21N3O2/c1-15-12-20(26)25-19-9-5-8-18(22(19)24-15)17-10-11-21(23-13-17)27-14-16-6-3-2-4-7-16/h2-11,13,15,24H,12,14H2,1H3,(H,25,26)/t15-/m1/s1. The summed E-state index contributed by atoms with van der Waals surface area (Å²) in [6.07, 6.45) is 2.24. The van der Waals surface area contributed by atoms with Gasteiger partial charge in [-0.3, -0.25) is 4.79 Å². The van der Waals surface area contributed by atoms with Gasteiger partial charge in [0, 0.05) is 35.9 Å². The van der Waals surface area contributed by atoms with Crippen molar-refractivity contribution in [2.75, 3.05) is 10.6 Å². The van der Waals surface area contributed by atoms with Crippen LogP contribution in [0.1, 0.15) is 18.9 Å². The Morgan fingerprint density at radius 1 is 1.07 bits per heavy atom. The van der Waals surface area contributed by atoms with Crippen LogP contribution in [-0.4, -0.2) is 16.9 Å². The summed E-state index contributed by atoms with van der Waals surface area (Å²) >= 11 is 0. The molecular formula is C22H21N3O2. The van der Waals surface area contributed by atoms with Crippen LogP contribution in [-0.2, 0) is 11.4 Å². The number of ether oxygens (including phenoxy) is 1. The minimum atomic E-state index is 0.0219. The first-order valence-corrected chi connectivity index (χ1v) is 9.01. The first-order valence-electron chi connectivity index (χ1n) is 9.01. The average Bonchev–Trinajstić information content (AvgIpc) is 2.83. The molecule has 0 saturated carbocycles. The topological polar surface area (TPSA) is 63.2 Å². The van der Waals surface area contributed by atoms with Crippen molar-refractivity contribution in [1.29, 1.82) is 0 Å². The minimum Gasteiger partial charge on any atom is -0.473 e. The Morgan fingerprint density at radius 2 is 1.93 bits per heavy atom. The highest BCUT2D eigenvalue weighted by Gasteiger charge is 2.20. The quantitative estimate of drug-likeness (QED) is 0.721. The lowest BCUT2D eigenvalue weighted by Gasteiger charge is -2.16. The van der Waals surface area contributed by atoms with Crippen LogP contribution in [0.15, 0.2) is 66.9 Å².